The molecular formula is C19H20N8. The van der Waals surface area contributed by atoms with Crippen LogP contribution in [0, 0.1) is 0 Å². The average Bonchev–Trinajstić information content (AvgIpc) is 3.46. The second kappa shape index (κ2) is 6.79. The largest absolute Gasteiger partial charge is 0.348 e. The van der Waals surface area contributed by atoms with Gasteiger partial charge in [-0.1, -0.05) is 6.07 Å². The Morgan fingerprint density at radius 1 is 1.19 bits per heavy atom. The molecule has 0 radical (unpaired) electrons. The molecule has 0 saturated carbocycles. The first kappa shape index (κ1) is 15.9. The molecule has 1 aliphatic rings. The van der Waals surface area contributed by atoms with Gasteiger partial charge in [0.25, 0.3) is 0 Å². The summed E-state index contributed by atoms with van der Waals surface area (Å²) >= 11 is 0. The van der Waals surface area contributed by atoms with Gasteiger partial charge in [0.1, 0.15) is 11.5 Å². The highest BCUT2D eigenvalue weighted by Crippen LogP contribution is 2.29. The fraction of sp³-hybridized carbons (Fsp3) is 0.316. The lowest BCUT2D eigenvalue weighted by Gasteiger charge is -2.23. The lowest BCUT2D eigenvalue weighted by molar-refractivity contribution is 0.409. The number of pyridine rings is 1. The van der Waals surface area contributed by atoms with E-state index in [1.165, 1.54) is 5.69 Å². The number of nitrogens with one attached hydrogen (secondary N) is 1. The van der Waals surface area contributed by atoms with Crippen molar-refractivity contribution in [2.75, 3.05) is 0 Å². The molecule has 0 fully saturated rings. The molecule has 0 bridgehead atoms. The smallest absolute Gasteiger partial charge is 0.200 e. The second-order valence-electron chi connectivity index (χ2n) is 6.79. The molecule has 4 aromatic rings. The van der Waals surface area contributed by atoms with Crippen molar-refractivity contribution in [1.82, 2.24) is 39.5 Å². The lowest BCUT2D eigenvalue weighted by Crippen LogP contribution is -2.22. The van der Waals surface area contributed by atoms with Crippen molar-refractivity contribution in [1.29, 1.82) is 0 Å². The Hall–Kier alpha value is -3.29. The summed E-state index contributed by atoms with van der Waals surface area (Å²) < 4.78 is 4.13. The first-order valence-electron chi connectivity index (χ1n) is 9.21. The SMILES string of the molecule is c1ccc(-c2nc(C3CCn4nccc4C3)n(CCc3cnc[nH]3)n2)nc1. The zero-order valence-electron chi connectivity index (χ0n) is 14.9. The van der Waals surface area contributed by atoms with E-state index in [-0.39, 0.29) is 0 Å². The Balaban J connectivity index is 1.47. The highest BCUT2D eigenvalue weighted by molar-refractivity contribution is 5.48. The minimum atomic E-state index is 0.334. The van der Waals surface area contributed by atoms with Gasteiger partial charge in [0, 0.05) is 55.4 Å². The summed E-state index contributed by atoms with van der Waals surface area (Å²) in [5, 5.41) is 9.17. The Labute approximate surface area is 156 Å². The van der Waals surface area contributed by atoms with Crippen molar-refractivity contribution in [3.05, 3.63) is 66.4 Å². The van der Waals surface area contributed by atoms with Gasteiger partial charge in [0.05, 0.1) is 6.33 Å². The molecular weight excluding hydrogens is 340 g/mol. The van der Waals surface area contributed by atoms with Crippen molar-refractivity contribution in [2.45, 2.75) is 38.3 Å². The molecule has 5 rings (SSSR count). The Morgan fingerprint density at radius 3 is 3.04 bits per heavy atom. The number of imidazole rings is 1. The van der Waals surface area contributed by atoms with E-state index in [4.69, 9.17) is 10.1 Å². The highest BCUT2D eigenvalue weighted by Gasteiger charge is 2.26. The number of nitrogens with zero attached hydrogens (tertiary/aromatic N) is 7. The summed E-state index contributed by atoms with van der Waals surface area (Å²) in [7, 11) is 0. The van der Waals surface area contributed by atoms with Gasteiger partial charge in [-0.15, -0.1) is 5.10 Å². The van der Waals surface area contributed by atoms with E-state index >= 15 is 0 Å². The molecule has 1 unspecified atom stereocenters. The zero-order chi connectivity index (χ0) is 18.1. The minimum Gasteiger partial charge on any atom is -0.348 e. The van der Waals surface area contributed by atoms with Gasteiger partial charge in [-0.2, -0.15) is 5.10 Å². The number of hydrogen-bond donors (Lipinski definition) is 1. The van der Waals surface area contributed by atoms with Gasteiger partial charge in [-0.3, -0.25) is 9.67 Å². The average molecular weight is 360 g/mol. The molecule has 0 amide bonds. The van der Waals surface area contributed by atoms with Gasteiger partial charge >= 0.3 is 0 Å². The lowest BCUT2D eigenvalue weighted by atomic mass is 9.95. The minimum absolute atomic E-state index is 0.334. The topological polar surface area (TPSA) is 90.1 Å². The van der Waals surface area contributed by atoms with Crippen LogP contribution in [0.5, 0.6) is 0 Å². The first-order valence-corrected chi connectivity index (χ1v) is 9.21. The predicted molar refractivity (Wildman–Crippen MR) is 98.8 cm³/mol. The number of aryl methyl sites for hydroxylation is 3. The molecule has 8 nitrogen and oxygen atoms in total. The van der Waals surface area contributed by atoms with Crippen LogP contribution in [-0.2, 0) is 25.9 Å². The molecule has 8 heteroatoms. The number of hydrogen-bond acceptors (Lipinski definition) is 5. The molecule has 0 aliphatic carbocycles. The third-order valence-corrected chi connectivity index (χ3v) is 5.06. The normalized spacial score (nSPS) is 16.4. The summed E-state index contributed by atoms with van der Waals surface area (Å²) in [6.45, 7) is 1.67. The quantitative estimate of drug-likeness (QED) is 0.589. The monoisotopic (exact) mass is 360 g/mol. The summed E-state index contributed by atoms with van der Waals surface area (Å²) in [4.78, 5) is 16.6. The fourth-order valence-corrected chi connectivity index (χ4v) is 3.66. The van der Waals surface area contributed by atoms with Gasteiger partial charge in [0.2, 0.25) is 0 Å². The predicted octanol–water partition coefficient (Wildman–Crippen LogP) is 2.23. The van der Waals surface area contributed by atoms with Gasteiger partial charge in [-0.25, -0.2) is 14.6 Å². The molecule has 136 valence electrons. The maximum atomic E-state index is 4.90. The van der Waals surface area contributed by atoms with E-state index in [1.807, 2.05) is 35.3 Å². The number of rotatable bonds is 5. The van der Waals surface area contributed by atoms with Crippen LogP contribution >= 0.6 is 0 Å². The molecule has 4 aromatic heterocycles. The van der Waals surface area contributed by atoms with Gasteiger partial charge in [-0.05, 0) is 31.0 Å². The first-order chi connectivity index (χ1) is 13.4. The zero-order valence-corrected chi connectivity index (χ0v) is 14.9. The summed E-state index contributed by atoms with van der Waals surface area (Å²) in [6.07, 6.45) is 10.0. The summed E-state index contributed by atoms with van der Waals surface area (Å²) in [5.41, 5.74) is 3.16. The van der Waals surface area contributed by atoms with E-state index in [2.05, 4.69) is 30.8 Å². The number of fused-ring (bicyclic) bond motifs is 1. The van der Waals surface area contributed by atoms with Crippen molar-refractivity contribution >= 4 is 0 Å². The van der Waals surface area contributed by atoms with Crippen LogP contribution in [-0.4, -0.2) is 39.5 Å². The maximum absolute atomic E-state index is 4.90. The van der Waals surface area contributed by atoms with Crippen LogP contribution in [0.3, 0.4) is 0 Å². The van der Waals surface area contributed by atoms with Crippen molar-refractivity contribution in [3.63, 3.8) is 0 Å². The van der Waals surface area contributed by atoms with E-state index < -0.39 is 0 Å². The molecule has 27 heavy (non-hydrogen) atoms. The van der Waals surface area contributed by atoms with Crippen LogP contribution in [0.1, 0.15) is 29.6 Å². The molecule has 1 N–H and O–H groups in total. The molecule has 0 saturated heterocycles. The molecule has 0 aromatic carbocycles. The summed E-state index contributed by atoms with van der Waals surface area (Å²) in [5.74, 6) is 2.05. The van der Waals surface area contributed by atoms with Crippen LogP contribution in [0.15, 0.2) is 49.2 Å². The van der Waals surface area contributed by atoms with Crippen molar-refractivity contribution < 1.29 is 0 Å². The van der Waals surface area contributed by atoms with Crippen LogP contribution in [0.4, 0.5) is 0 Å². The van der Waals surface area contributed by atoms with E-state index in [0.717, 1.165) is 49.6 Å². The molecule has 1 atom stereocenters. The number of aromatic nitrogens is 8. The van der Waals surface area contributed by atoms with Crippen LogP contribution in [0.2, 0.25) is 0 Å². The number of aromatic amines is 1. The van der Waals surface area contributed by atoms with E-state index in [0.29, 0.717) is 11.7 Å². The molecule has 0 spiro atoms. The van der Waals surface area contributed by atoms with Crippen molar-refractivity contribution in [3.8, 4) is 11.5 Å². The Morgan fingerprint density at radius 2 is 2.19 bits per heavy atom. The molecule has 5 heterocycles. The van der Waals surface area contributed by atoms with Crippen molar-refractivity contribution in [2.24, 2.45) is 0 Å². The maximum Gasteiger partial charge on any atom is 0.200 e. The number of H-pyrrole nitrogens is 1. The Kier molecular flexibility index (Phi) is 4.00. The fourth-order valence-electron chi connectivity index (χ4n) is 3.66. The third-order valence-electron chi connectivity index (χ3n) is 5.06. The standard InChI is InChI=1S/C19H20N8/c1-2-7-21-17(3-1)18-24-19(14-5-9-26-16(11-14)4-8-23-26)27(25-18)10-6-15-12-20-13-22-15/h1-4,7-8,12-14H,5-6,9-11H2,(H,20,22). The second-order valence-corrected chi connectivity index (χ2v) is 6.79. The van der Waals surface area contributed by atoms with Gasteiger partial charge in [0.15, 0.2) is 5.82 Å². The van der Waals surface area contributed by atoms with E-state index in [1.54, 1.807) is 12.5 Å². The van der Waals surface area contributed by atoms with Crippen LogP contribution in [0.25, 0.3) is 11.5 Å². The summed E-state index contributed by atoms with van der Waals surface area (Å²) in [6, 6.07) is 7.92. The van der Waals surface area contributed by atoms with Crippen LogP contribution < -0.4 is 0 Å². The van der Waals surface area contributed by atoms with Gasteiger partial charge < -0.3 is 4.98 Å². The Bertz CT molecular complexity index is 1020. The molecule has 1 aliphatic heterocycles. The van der Waals surface area contributed by atoms with E-state index in [9.17, 15) is 0 Å². The highest BCUT2D eigenvalue weighted by atomic mass is 15.4. The third kappa shape index (κ3) is 3.14.